The Balaban J connectivity index is 2.30. The van der Waals surface area contributed by atoms with Gasteiger partial charge in [-0.2, -0.15) is 5.26 Å². The third kappa shape index (κ3) is 4.13. The Labute approximate surface area is 91.7 Å². The zero-order valence-corrected chi connectivity index (χ0v) is 9.32. The van der Waals surface area contributed by atoms with Crippen molar-refractivity contribution in [3.8, 4) is 11.8 Å². The lowest BCUT2D eigenvalue weighted by Gasteiger charge is -2.03. The zero-order chi connectivity index (χ0) is 9.52. The molecule has 0 aliphatic carbocycles. The Bertz CT molecular complexity index is 289. The maximum Gasteiger partial charge on any atom is 0.119 e. The second-order valence-electron chi connectivity index (χ2n) is 2.56. The predicted octanol–water partition coefficient (Wildman–Crippen LogP) is 2.97. The quantitative estimate of drug-likeness (QED) is 0.630. The lowest BCUT2D eigenvalue weighted by Crippen LogP contribution is -1.96. The molecule has 0 saturated carbocycles. The van der Waals surface area contributed by atoms with Crippen LogP contribution < -0.4 is 4.74 Å². The van der Waals surface area contributed by atoms with Gasteiger partial charge in [-0.1, -0.05) is 0 Å². The van der Waals surface area contributed by atoms with Crippen molar-refractivity contribution in [2.75, 3.05) is 6.61 Å². The fourth-order valence-electron chi connectivity index (χ4n) is 0.872. The first-order chi connectivity index (χ1) is 6.33. The van der Waals surface area contributed by atoms with Crippen LogP contribution in [0.15, 0.2) is 24.3 Å². The Kier molecular flexibility index (Phi) is 4.61. The summed E-state index contributed by atoms with van der Waals surface area (Å²) in [4.78, 5) is 0. The molecule has 0 saturated heterocycles. The van der Waals surface area contributed by atoms with Gasteiger partial charge in [0.05, 0.1) is 12.7 Å². The Morgan fingerprint density at radius 1 is 1.31 bits per heavy atom. The van der Waals surface area contributed by atoms with Gasteiger partial charge >= 0.3 is 0 Å². The normalized spacial score (nSPS) is 9.23. The third-order valence-corrected chi connectivity index (χ3v) is 2.23. The Morgan fingerprint density at radius 2 is 2.00 bits per heavy atom. The molecule has 1 rings (SSSR count). The van der Waals surface area contributed by atoms with E-state index < -0.39 is 0 Å². The summed E-state index contributed by atoms with van der Waals surface area (Å²) < 4.78 is 6.60. The molecule has 2 nitrogen and oxygen atoms in total. The summed E-state index contributed by atoms with van der Waals surface area (Å²) in [6.45, 7) is 0.619. The first-order valence-corrected chi connectivity index (χ1v) is 5.16. The van der Waals surface area contributed by atoms with Gasteiger partial charge in [-0.15, -0.1) is 0 Å². The molecule has 0 aliphatic rings. The average Bonchev–Trinajstić information content (AvgIpc) is 2.15. The summed E-state index contributed by atoms with van der Waals surface area (Å²) in [5, 5.41) is 8.29. The number of rotatable bonds is 4. The van der Waals surface area contributed by atoms with Gasteiger partial charge in [-0.05, 0) is 53.3 Å². The van der Waals surface area contributed by atoms with E-state index in [9.17, 15) is 0 Å². The van der Waals surface area contributed by atoms with Crippen LogP contribution in [0.1, 0.15) is 12.8 Å². The van der Waals surface area contributed by atoms with Crippen LogP contribution in [0.4, 0.5) is 0 Å². The second kappa shape index (κ2) is 5.81. The van der Waals surface area contributed by atoms with Crippen LogP contribution in [-0.4, -0.2) is 6.61 Å². The molecule has 1 aromatic carbocycles. The number of halogens is 1. The van der Waals surface area contributed by atoms with Crippen molar-refractivity contribution < 1.29 is 4.74 Å². The van der Waals surface area contributed by atoms with E-state index in [0.717, 1.165) is 12.2 Å². The number of unbranched alkanes of at least 4 members (excludes halogenated alkanes) is 1. The molecule has 0 bridgehead atoms. The predicted molar refractivity (Wildman–Crippen MR) is 59.5 cm³/mol. The fraction of sp³-hybridized carbons (Fsp3) is 0.300. The second-order valence-corrected chi connectivity index (χ2v) is 3.81. The minimum absolute atomic E-state index is 0.560. The number of ether oxygens (including phenoxy) is 1. The average molecular weight is 287 g/mol. The van der Waals surface area contributed by atoms with Gasteiger partial charge in [-0.25, -0.2) is 0 Å². The van der Waals surface area contributed by atoms with Gasteiger partial charge in [0.25, 0.3) is 0 Å². The lowest BCUT2D eigenvalue weighted by atomic mass is 10.3. The zero-order valence-electron chi connectivity index (χ0n) is 7.16. The van der Waals surface area contributed by atoms with Crippen molar-refractivity contribution in [1.29, 1.82) is 5.26 Å². The highest BCUT2D eigenvalue weighted by Gasteiger charge is 1.92. The molecule has 68 valence electrons. The molecule has 0 aromatic heterocycles. The molecule has 0 N–H and O–H groups in total. The Hall–Kier alpha value is -0.760. The molecule has 0 unspecified atom stereocenters. The van der Waals surface area contributed by atoms with Gasteiger partial charge in [0.1, 0.15) is 5.75 Å². The number of hydrogen-bond acceptors (Lipinski definition) is 2. The van der Waals surface area contributed by atoms with Crippen molar-refractivity contribution in [2.24, 2.45) is 0 Å². The SMILES string of the molecule is N#CCCCOc1ccc(I)cc1. The fourth-order valence-corrected chi connectivity index (χ4v) is 1.23. The minimum atomic E-state index is 0.560. The van der Waals surface area contributed by atoms with Crippen LogP contribution in [0.25, 0.3) is 0 Å². The molecular formula is C10H10INO. The molecule has 0 aliphatic heterocycles. The van der Waals surface area contributed by atoms with E-state index in [1.165, 1.54) is 3.57 Å². The van der Waals surface area contributed by atoms with E-state index in [2.05, 4.69) is 28.7 Å². The van der Waals surface area contributed by atoms with E-state index in [4.69, 9.17) is 10.00 Å². The van der Waals surface area contributed by atoms with Crippen LogP contribution in [0.2, 0.25) is 0 Å². The van der Waals surface area contributed by atoms with E-state index in [-0.39, 0.29) is 0 Å². The standard InChI is InChI=1S/C10H10INO/c11-9-3-5-10(6-4-9)13-8-2-1-7-12/h3-6H,1-2,8H2. The summed E-state index contributed by atoms with van der Waals surface area (Å²) in [7, 11) is 0. The molecule has 3 heteroatoms. The summed E-state index contributed by atoms with van der Waals surface area (Å²) in [5.41, 5.74) is 0. The van der Waals surface area contributed by atoms with Crippen molar-refractivity contribution in [1.82, 2.24) is 0 Å². The largest absolute Gasteiger partial charge is 0.494 e. The van der Waals surface area contributed by atoms with Crippen molar-refractivity contribution in [3.05, 3.63) is 27.8 Å². The van der Waals surface area contributed by atoms with Crippen molar-refractivity contribution >= 4 is 22.6 Å². The van der Waals surface area contributed by atoms with Crippen molar-refractivity contribution in [3.63, 3.8) is 0 Å². The first-order valence-electron chi connectivity index (χ1n) is 4.08. The highest BCUT2D eigenvalue weighted by molar-refractivity contribution is 14.1. The highest BCUT2D eigenvalue weighted by Crippen LogP contribution is 2.13. The number of benzene rings is 1. The van der Waals surface area contributed by atoms with E-state index >= 15 is 0 Å². The molecule has 0 heterocycles. The monoisotopic (exact) mass is 287 g/mol. The molecule has 0 atom stereocenters. The third-order valence-electron chi connectivity index (χ3n) is 1.52. The van der Waals surface area contributed by atoms with Gasteiger partial charge in [0.2, 0.25) is 0 Å². The summed E-state index contributed by atoms with van der Waals surface area (Å²) in [5.74, 6) is 0.873. The van der Waals surface area contributed by atoms with Crippen LogP contribution >= 0.6 is 22.6 Å². The maximum absolute atomic E-state index is 8.29. The molecular weight excluding hydrogens is 277 g/mol. The van der Waals surface area contributed by atoms with Gasteiger partial charge < -0.3 is 4.74 Å². The number of nitrogens with zero attached hydrogens (tertiary/aromatic N) is 1. The number of nitriles is 1. The lowest BCUT2D eigenvalue weighted by molar-refractivity contribution is 0.312. The van der Waals surface area contributed by atoms with Crippen LogP contribution in [0.3, 0.4) is 0 Å². The molecule has 0 radical (unpaired) electrons. The van der Waals surface area contributed by atoms with Gasteiger partial charge in [-0.3, -0.25) is 0 Å². The minimum Gasteiger partial charge on any atom is -0.494 e. The van der Waals surface area contributed by atoms with E-state index in [0.29, 0.717) is 13.0 Å². The summed E-state index contributed by atoms with van der Waals surface area (Å²) in [6, 6.07) is 9.96. The molecule has 0 spiro atoms. The molecule has 0 fully saturated rings. The van der Waals surface area contributed by atoms with Crippen LogP contribution in [0.5, 0.6) is 5.75 Å². The van der Waals surface area contributed by atoms with E-state index in [1.54, 1.807) is 0 Å². The van der Waals surface area contributed by atoms with Gasteiger partial charge in [0.15, 0.2) is 0 Å². The topological polar surface area (TPSA) is 33.0 Å². The summed E-state index contributed by atoms with van der Waals surface area (Å²) >= 11 is 2.25. The number of hydrogen-bond donors (Lipinski definition) is 0. The van der Waals surface area contributed by atoms with Crippen molar-refractivity contribution in [2.45, 2.75) is 12.8 Å². The summed E-state index contributed by atoms with van der Waals surface area (Å²) in [6.07, 6.45) is 1.35. The Morgan fingerprint density at radius 3 is 2.62 bits per heavy atom. The first kappa shape index (κ1) is 10.3. The highest BCUT2D eigenvalue weighted by atomic mass is 127. The molecule has 13 heavy (non-hydrogen) atoms. The van der Waals surface area contributed by atoms with E-state index in [1.807, 2.05) is 24.3 Å². The maximum atomic E-state index is 8.29. The molecule has 0 amide bonds. The van der Waals surface area contributed by atoms with Crippen LogP contribution in [0, 0.1) is 14.9 Å². The van der Waals surface area contributed by atoms with Crippen LogP contribution in [-0.2, 0) is 0 Å². The molecule has 1 aromatic rings. The smallest absolute Gasteiger partial charge is 0.119 e. The van der Waals surface area contributed by atoms with Gasteiger partial charge in [0, 0.05) is 9.99 Å².